The van der Waals surface area contributed by atoms with Gasteiger partial charge in [0, 0.05) is 18.4 Å². The predicted molar refractivity (Wildman–Crippen MR) is 86.1 cm³/mol. The third kappa shape index (κ3) is 8.53. The zero-order valence-corrected chi connectivity index (χ0v) is 14.0. The molecule has 0 aliphatic carbocycles. The van der Waals surface area contributed by atoms with Crippen molar-refractivity contribution in [3.05, 3.63) is 0 Å². The standard InChI is InChI=1S/C15H30N2OS/c1-12(2)18-9-7-6-8-16-14-17-11-13(19-14)10-15(3,4)5/h12-13H,6-11H2,1-5H3,(H,16,17). The Labute approximate surface area is 123 Å². The van der Waals surface area contributed by atoms with Gasteiger partial charge >= 0.3 is 0 Å². The third-order valence-electron chi connectivity index (χ3n) is 2.86. The maximum Gasteiger partial charge on any atom is 0.156 e. The highest BCUT2D eigenvalue weighted by Gasteiger charge is 2.24. The summed E-state index contributed by atoms with van der Waals surface area (Å²) in [6, 6.07) is 0. The van der Waals surface area contributed by atoms with Crippen LogP contribution in [0.5, 0.6) is 0 Å². The Morgan fingerprint density at radius 3 is 2.74 bits per heavy atom. The summed E-state index contributed by atoms with van der Waals surface area (Å²) in [7, 11) is 0. The molecule has 1 unspecified atom stereocenters. The molecule has 0 amide bonds. The first-order chi connectivity index (χ1) is 8.87. The van der Waals surface area contributed by atoms with E-state index in [1.54, 1.807) is 0 Å². The van der Waals surface area contributed by atoms with Crippen LogP contribution in [0.2, 0.25) is 0 Å². The second-order valence-electron chi connectivity index (χ2n) is 6.70. The molecule has 0 saturated heterocycles. The molecular formula is C15H30N2OS. The van der Waals surface area contributed by atoms with Crippen molar-refractivity contribution in [2.24, 2.45) is 10.4 Å². The fourth-order valence-electron chi connectivity index (χ4n) is 2.05. The van der Waals surface area contributed by atoms with E-state index in [4.69, 9.17) is 4.74 Å². The van der Waals surface area contributed by atoms with Crippen LogP contribution in [-0.2, 0) is 4.74 Å². The summed E-state index contributed by atoms with van der Waals surface area (Å²) in [6.45, 7) is 13.9. The molecule has 1 heterocycles. The molecule has 0 saturated carbocycles. The van der Waals surface area contributed by atoms with Gasteiger partial charge in [0.1, 0.15) is 0 Å². The Morgan fingerprint density at radius 1 is 1.37 bits per heavy atom. The number of hydrogen-bond acceptors (Lipinski definition) is 4. The first kappa shape index (κ1) is 16.8. The van der Waals surface area contributed by atoms with Crippen LogP contribution in [0, 0.1) is 5.41 Å². The minimum Gasteiger partial charge on any atom is -0.379 e. The van der Waals surface area contributed by atoms with E-state index in [9.17, 15) is 0 Å². The molecular weight excluding hydrogens is 256 g/mol. The Hall–Kier alpha value is -0.220. The lowest BCUT2D eigenvalue weighted by Crippen LogP contribution is -2.22. The van der Waals surface area contributed by atoms with Crippen molar-refractivity contribution in [1.82, 2.24) is 5.32 Å². The third-order valence-corrected chi connectivity index (χ3v) is 4.00. The highest BCUT2D eigenvalue weighted by molar-refractivity contribution is 8.14. The van der Waals surface area contributed by atoms with E-state index in [2.05, 4.69) is 44.9 Å². The molecule has 0 aromatic carbocycles. The largest absolute Gasteiger partial charge is 0.379 e. The van der Waals surface area contributed by atoms with Crippen molar-refractivity contribution < 1.29 is 4.74 Å². The molecule has 0 bridgehead atoms. The van der Waals surface area contributed by atoms with Crippen LogP contribution >= 0.6 is 11.8 Å². The lowest BCUT2D eigenvalue weighted by atomic mass is 9.90. The van der Waals surface area contributed by atoms with Crippen LogP contribution in [0.4, 0.5) is 0 Å². The van der Waals surface area contributed by atoms with Crippen molar-refractivity contribution in [3.8, 4) is 0 Å². The highest BCUT2D eigenvalue weighted by atomic mass is 32.2. The summed E-state index contributed by atoms with van der Waals surface area (Å²) in [5.74, 6) is 0. The Morgan fingerprint density at radius 2 is 2.11 bits per heavy atom. The molecule has 19 heavy (non-hydrogen) atoms. The number of hydrogen-bond donors (Lipinski definition) is 1. The molecule has 0 aromatic heterocycles. The van der Waals surface area contributed by atoms with Gasteiger partial charge in [-0.1, -0.05) is 32.5 Å². The second kappa shape index (κ2) is 8.15. The number of nitrogens with zero attached hydrogens (tertiary/aromatic N) is 1. The maximum atomic E-state index is 5.52. The number of aliphatic imine (C=N–C) groups is 1. The van der Waals surface area contributed by atoms with E-state index >= 15 is 0 Å². The molecule has 3 nitrogen and oxygen atoms in total. The Bertz CT molecular complexity index is 284. The second-order valence-corrected chi connectivity index (χ2v) is 7.99. The summed E-state index contributed by atoms with van der Waals surface area (Å²) < 4.78 is 5.52. The van der Waals surface area contributed by atoms with Gasteiger partial charge in [0.25, 0.3) is 0 Å². The van der Waals surface area contributed by atoms with Crippen molar-refractivity contribution in [1.29, 1.82) is 0 Å². The molecule has 1 N–H and O–H groups in total. The van der Waals surface area contributed by atoms with Crippen molar-refractivity contribution in [2.45, 2.75) is 65.2 Å². The average molecular weight is 286 g/mol. The lowest BCUT2D eigenvalue weighted by molar-refractivity contribution is 0.0762. The first-order valence-electron chi connectivity index (χ1n) is 7.43. The predicted octanol–water partition coefficient (Wildman–Crippen LogP) is 3.69. The van der Waals surface area contributed by atoms with Crippen LogP contribution in [0.25, 0.3) is 0 Å². The van der Waals surface area contributed by atoms with E-state index in [0.29, 0.717) is 16.8 Å². The van der Waals surface area contributed by atoms with Gasteiger partial charge in [-0.15, -0.1) is 0 Å². The van der Waals surface area contributed by atoms with E-state index in [1.807, 2.05) is 11.8 Å². The van der Waals surface area contributed by atoms with Crippen LogP contribution in [-0.4, -0.2) is 36.2 Å². The van der Waals surface area contributed by atoms with Crippen molar-refractivity contribution in [3.63, 3.8) is 0 Å². The van der Waals surface area contributed by atoms with Crippen molar-refractivity contribution >= 4 is 16.9 Å². The molecule has 0 fully saturated rings. The quantitative estimate of drug-likeness (QED) is 0.725. The van der Waals surface area contributed by atoms with E-state index < -0.39 is 0 Å². The monoisotopic (exact) mass is 286 g/mol. The lowest BCUT2D eigenvalue weighted by Gasteiger charge is -2.21. The maximum absolute atomic E-state index is 5.52. The van der Waals surface area contributed by atoms with Crippen LogP contribution in [0.3, 0.4) is 0 Å². The zero-order chi connectivity index (χ0) is 14.3. The summed E-state index contributed by atoms with van der Waals surface area (Å²) in [4.78, 5) is 4.58. The molecule has 112 valence electrons. The number of ether oxygens (including phenoxy) is 1. The summed E-state index contributed by atoms with van der Waals surface area (Å²) >= 11 is 1.91. The van der Waals surface area contributed by atoms with Gasteiger partial charge in [0.15, 0.2) is 5.17 Å². The molecule has 4 heteroatoms. The first-order valence-corrected chi connectivity index (χ1v) is 8.31. The summed E-state index contributed by atoms with van der Waals surface area (Å²) in [6.07, 6.45) is 3.85. The van der Waals surface area contributed by atoms with Crippen LogP contribution < -0.4 is 5.32 Å². The van der Waals surface area contributed by atoms with Crippen molar-refractivity contribution in [2.75, 3.05) is 19.7 Å². The minimum absolute atomic E-state index is 0.348. The SMILES string of the molecule is CC(C)OCCCCNC1=NCC(CC(C)(C)C)S1. The smallest absolute Gasteiger partial charge is 0.156 e. The van der Waals surface area contributed by atoms with Gasteiger partial charge in [0.2, 0.25) is 0 Å². The Balaban J connectivity index is 2.03. The van der Waals surface area contributed by atoms with Gasteiger partial charge < -0.3 is 10.1 Å². The van der Waals surface area contributed by atoms with Crippen LogP contribution in [0.15, 0.2) is 4.99 Å². The molecule has 1 aliphatic heterocycles. The normalized spacial score (nSPS) is 19.9. The molecule has 1 rings (SSSR count). The number of amidine groups is 1. The molecule has 0 spiro atoms. The summed E-state index contributed by atoms with van der Waals surface area (Å²) in [5.41, 5.74) is 0.400. The van der Waals surface area contributed by atoms with E-state index in [-0.39, 0.29) is 0 Å². The van der Waals surface area contributed by atoms with Gasteiger partial charge in [0.05, 0.1) is 12.6 Å². The fraction of sp³-hybridized carbons (Fsp3) is 0.933. The number of thioether (sulfide) groups is 1. The van der Waals surface area contributed by atoms with E-state index in [0.717, 1.165) is 37.7 Å². The molecule has 1 aliphatic rings. The Kier molecular flexibility index (Phi) is 7.22. The zero-order valence-electron chi connectivity index (χ0n) is 13.2. The van der Waals surface area contributed by atoms with Gasteiger partial charge in [-0.3, -0.25) is 4.99 Å². The fourth-order valence-corrected chi connectivity index (χ4v) is 3.43. The van der Waals surface area contributed by atoms with Crippen LogP contribution in [0.1, 0.15) is 53.9 Å². The number of nitrogens with one attached hydrogen (secondary N) is 1. The summed E-state index contributed by atoms with van der Waals surface area (Å²) in [5, 5.41) is 5.24. The molecule has 0 radical (unpaired) electrons. The molecule has 0 aromatic rings. The topological polar surface area (TPSA) is 33.6 Å². The van der Waals surface area contributed by atoms with E-state index in [1.165, 1.54) is 6.42 Å². The molecule has 1 atom stereocenters. The minimum atomic E-state index is 0.348. The van der Waals surface area contributed by atoms with Gasteiger partial charge in [-0.2, -0.15) is 0 Å². The van der Waals surface area contributed by atoms with Gasteiger partial charge in [-0.05, 0) is 38.5 Å². The highest BCUT2D eigenvalue weighted by Crippen LogP contribution is 2.31. The average Bonchev–Trinajstić information content (AvgIpc) is 2.68. The number of unbranched alkanes of at least 4 members (excludes halogenated alkanes) is 1. The van der Waals surface area contributed by atoms with Gasteiger partial charge in [-0.25, -0.2) is 0 Å². The number of rotatable bonds is 7.